The van der Waals surface area contributed by atoms with Gasteiger partial charge in [-0.25, -0.2) is 4.98 Å². The molecular formula is C20H23N3O2S. The lowest BCUT2D eigenvalue weighted by atomic mass is 10.1. The van der Waals surface area contributed by atoms with E-state index in [0.717, 1.165) is 34.8 Å². The van der Waals surface area contributed by atoms with Gasteiger partial charge in [0.25, 0.3) is 5.91 Å². The number of carbonyl (C=O) groups is 1. The van der Waals surface area contributed by atoms with Crippen molar-refractivity contribution in [3.05, 3.63) is 41.5 Å². The van der Waals surface area contributed by atoms with E-state index in [1.807, 2.05) is 40.2 Å². The first-order valence-electron chi connectivity index (χ1n) is 9.17. The molecule has 136 valence electrons. The van der Waals surface area contributed by atoms with Crippen molar-refractivity contribution in [2.45, 2.75) is 44.6 Å². The Morgan fingerprint density at radius 3 is 2.62 bits per heavy atom. The van der Waals surface area contributed by atoms with E-state index in [0.29, 0.717) is 5.69 Å². The molecule has 0 radical (unpaired) electrons. The van der Waals surface area contributed by atoms with E-state index in [2.05, 4.69) is 10.3 Å². The van der Waals surface area contributed by atoms with Crippen molar-refractivity contribution in [2.75, 3.05) is 7.11 Å². The molecule has 5 nitrogen and oxygen atoms in total. The first kappa shape index (κ1) is 17.1. The van der Waals surface area contributed by atoms with E-state index in [-0.39, 0.29) is 11.9 Å². The van der Waals surface area contributed by atoms with Gasteiger partial charge in [0.15, 0.2) is 10.7 Å². The van der Waals surface area contributed by atoms with Crippen LogP contribution in [0.3, 0.4) is 0 Å². The second-order valence-electron chi connectivity index (χ2n) is 6.76. The van der Waals surface area contributed by atoms with E-state index in [9.17, 15) is 4.79 Å². The van der Waals surface area contributed by atoms with Crippen LogP contribution in [0.1, 0.15) is 49.0 Å². The van der Waals surface area contributed by atoms with Crippen molar-refractivity contribution in [1.82, 2.24) is 14.7 Å². The minimum Gasteiger partial charge on any atom is -0.497 e. The molecule has 1 saturated carbocycles. The molecule has 0 aliphatic heterocycles. The number of hydrogen-bond acceptors (Lipinski definition) is 4. The summed E-state index contributed by atoms with van der Waals surface area (Å²) in [6, 6.07) is 8.03. The topological polar surface area (TPSA) is 55.6 Å². The summed E-state index contributed by atoms with van der Waals surface area (Å²) < 4.78 is 7.24. The summed E-state index contributed by atoms with van der Waals surface area (Å²) in [5, 5.41) is 5.21. The number of thiazole rings is 1. The molecule has 2 heterocycles. The number of benzene rings is 1. The van der Waals surface area contributed by atoms with Crippen LogP contribution in [0.5, 0.6) is 5.75 Å². The van der Waals surface area contributed by atoms with Crippen LogP contribution in [0.15, 0.2) is 35.8 Å². The number of imidazole rings is 1. The van der Waals surface area contributed by atoms with Crippen LogP contribution in [-0.4, -0.2) is 28.4 Å². The van der Waals surface area contributed by atoms with Crippen LogP contribution in [0, 0.1) is 0 Å². The molecule has 4 rings (SSSR count). The quantitative estimate of drug-likeness (QED) is 0.688. The van der Waals surface area contributed by atoms with E-state index < -0.39 is 0 Å². The summed E-state index contributed by atoms with van der Waals surface area (Å²) in [5.74, 6) is 0.725. The van der Waals surface area contributed by atoms with Gasteiger partial charge in [-0.3, -0.25) is 9.20 Å². The zero-order chi connectivity index (χ0) is 17.9. The van der Waals surface area contributed by atoms with Crippen molar-refractivity contribution in [1.29, 1.82) is 0 Å². The van der Waals surface area contributed by atoms with Crippen molar-refractivity contribution < 1.29 is 9.53 Å². The van der Waals surface area contributed by atoms with Gasteiger partial charge in [0.2, 0.25) is 0 Å². The third kappa shape index (κ3) is 3.33. The fourth-order valence-corrected chi connectivity index (χ4v) is 4.36. The highest BCUT2D eigenvalue weighted by Crippen LogP contribution is 2.29. The molecule has 0 saturated heterocycles. The number of rotatable bonds is 4. The summed E-state index contributed by atoms with van der Waals surface area (Å²) in [6.45, 7) is 0. The van der Waals surface area contributed by atoms with Crippen molar-refractivity contribution in [3.8, 4) is 17.0 Å². The third-order valence-corrected chi connectivity index (χ3v) is 5.79. The van der Waals surface area contributed by atoms with E-state index in [1.54, 1.807) is 7.11 Å². The number of nitrogens with one attached hydrogen (secondary N) is 1. The minimum atomic E-state index is -0.0707. The Labute approximate surface area is 157 Å². The van der Waals surface area contributed by atoms with Gasteiger partial charge < -0.3 is 10.1 Å². The van der Waals surface area contributed by atoms with Crippen LogP contribution < -0.4 is 10.1 Å². The second-order valence-corrected chi connectivity index (χ2v) is 7.63. The van der Waals surface area contributed by atoms with Crippen LogP contribution in [0.4, 0.5) is 0 Å². The lowest BCUT2D eigenvalue weighted by Gasteiger charge is -2.16. The number of amides is 1. The Bertz CT molecular complexity index is 890. The molecule has 1 amide bonds. The number of carbonyl (C=O) groups excluding carboxylic acids is 1. The highest BCUT2D eigenvalue weighted by atomic mass is 32.1. The highest BCUT2D eigenvalue weighted by Gasteiger charge is 2.23. The molecular weight excluding hydrogens is 346 g/mol. The van der Waals surface area contributed by atoms with E-state index in [1.165, 1.54) is 37.0 Å². The lowest BCUT2D eigenvalue weighted by Crippen LogP contribution is -2.34. The van der Waals surface area contributed by atoms with Crippen LogP contribution >= 0.6 is 11.3 Å². The van der Waals surface area contributed by atoms with Gasteiger partial charge in [0, 0.05) is 23.2 Å². The number of nitrogens with zero attached hydrogens (tertiary/aromatic N) is 2. The van der Waals surface area contributed by atoms with Gasteiger partial charge in [-0.15, -0.1) is 11.3 Å². The SMILES string of the molecule is COc1ccc(-c2c(C(=O)NC3CCCCCC3)nc3sccn23)cc1. The molecule has 2 aromatic heterocycles. The molecule has 0 bridgehead atoms. The fraction of sp³-hybridized carbons (Fsp3) is 0.400. The predicted octanol–water partition coefficient (Wildman–Crippen LogP) is 4.52. The number of aromatic nitrogens is 2. The zero-order valence-electron chi connectivity index (χ0n) is 14.9. The number of methoxy groups -OCH3 is 1. The van der Waals surface area contributed by atoms with Gasteiger partial charge in [-0.1, -0.05) is 25.7 Å². The standard InChI is InChI=1S/C20H23N3O2S/c1-25-16-10-8-14(9-11-16)18-17(22-20-23(18)12-13-26-20)19(24)21-15-6-4-2-3-5-7-15/h8-13,15H,2-7H2,1H3,(H,21,24). The molecule has 1 N–H and O–H groups in total. The third-order valence-electron chi connectivity index (χ3n) is 5.03. The van der Waals surface area contributed by atoms with Gasteiger partial charge in [-0.2, -0.15) is 0 Å². The zero-order valence-corrected chi connectivity index (χ0v) is 15.7. The number of ether oxygens (including phenoxy) is 1. The summed E-state index contributed by atoms with van der Waals surface area (Å²) in [5.41, 5.74) is 2.31. The predicted molar refractivity (Wildman–Crippen MR) is 104 cm³/mol. The second kappa shape index (κ2) is 7.50. The number of hydrogen-bond donors (Lipinski definition) is 1. The van der Waals surface area contributed by atoms with Gasteiger partial charge in [-0.05, 0) is 37.1 Å². The van der Waals surface area contributed by atoms with Crippen LogP contribution in [0.2, 0.25) is 0 Å². The Morgan fingerprint density at radius 1 is 1.19 bits per heavy atom. The molecule has 1 aliphatic rings. The minimum absolute atomic E-state index is 0.0707. The first-order chi connectivity index (χ1) is 12.8. The van der Waals surface area contributed by atoms with Gasteiger partial charge in [0.05, 0.1) is 12.8 Å². The number of fused-ring (bicyclic) bond motifs is 1. The molecule has 0 unspecified atom stereocenters. The lowest BCUT2D eigenvalue weighted by molar-refractivity contribution is 0.0929. The van der Waals surface area contributed by atoms with Crippen molar-refractivity contribution >= 4 is 22.2 Å². The highest BCUT2D eigenvalue weighted by molar-refractivity contribution is 7.15. The molecule has 0 atom stereocenters. The summed E-state index contributed by atoms with van der Waals surface area (Å²) in [6.07, 6.45) is 9.00. The Balaban J connectivity index is 1.67. The average molecular weight is 369 g/mol. The van der Waals surface area contributed by atoms with Crippen molar-refractivity contribution in [3.63, 3.8) is 0 Å². The molecule has 1 aliphatic carbocycles. The molecule has 1 aromatic carbocycles. The van der Waals surface area contributed by atoms with E-state index in [4.69, 9.17) is 4.74 Å². The Hall–Kier alpha value is -2.34. The first-order valence-corrected chi connectivity index (χ1v) is 10.0. The maximum Gasteiger partial charge on any atom is 0.272 e. The average Bonchev–Trinajstić information content (AvgIpc) is 3.16. The molecule has 6 heteroatoms. The monoisotopic (exact) mass is 369 g/mol. The fourth-order valence-electron chi connectivity index (χ4n) is 3.65. The van der Waals surface area contributed by atoms with Crippen LogP contribution in [-0.2, 0) is 0 Å². The van der Waals surface area contributed by atoms with Gasteiger partial charge >= 0.3 is 0 Å². The summed E-state index contributed by atoms with van der Waals surface area (Å²) in [4.78, 5) is 18.5. The molecule has 0 spiro atoms. The largest absolute Gasteiger partial charge is 0.497 e. The molecule has 26 heavy (non-hydrogen) atoms. The summed E-state index contributed by atoms with van der Waals surface area (Å²) >= 11 is 1.54. The maximum atomic E-state index is 13.0. The summed E-state index contributed by atoms with van der Waals surface area (Å²) in [7, 11) is 1.65. The van der Waals surface area contributed by atoms with E-state index >= 15 is 0 Å². The Morgan fingerprint density at radius 2 is 1.92 bits per heavy atom. The van der Waals surface area contributed by atoms with Crippen LogP contribution in [0.25, 0.3) is 16.2 Å². The maximum absolute atomic E-state index is 13.0. The smallest absolute Gasteiger partial charge is 0.272 e. The van der Waals surface area contributed by atoms with Gasteiger partial charge in [0.1, 0.15) is 5.75 Å². The molecule has 3 aromatic rings. The molecule has 1 fully saturated rings. The Kier molecular flexibility index (Phi) is 4.93. The normalized spacial score (nSPS) is 15.7. The van der Waals surface area contributed by atoms with Crippen molar-refractivity contribution in [2.24, 2.45) is 0 Å².